The molecule has 0 spiro atoms. The zero-order valence-electron chi connectivity index (χ0n) is 18.9. The molecule has 0 aliphatic rings. The van der Waals surface area contributed by atoms with E-state index in [1.807, 2.05) is 0 Å². The maximum Gasteiger partial charge on any atom is 0.399 e. The molecule has 1 unspecified atom stereocenters. The van der Waals surface area contributed by atoms with Crippen molar-refractivity contribution in [2.45, 2.75) is 38.9 Å². The quantitative estimate of drug-likeness (QED) is 0.309. The van der Waals surface area contributed by atoms with E-state index in [4.69, 9.17) is 34.8 Å². The Hall–Kier alpha value is -2.54. The SMILES string of the molecule is Cc1cc(C(/C=C/c2ccc(CNC(=O)Cc3ccc(Cl)nc3)c(Cl)c2)C(F)(F)F)cc(Cl)c1C. The van der Waals surface area contributed by atoms with Crippen molar-refractivity contribution in [3.8, 4) is 0 Å². The molecule has 1 aromatic heterocycles. The molecule has 184 valence electrons. The summed E-state index contributed by atoms with van der Waals surface area (Å²) in [6.07, 6.45) is -0.369. The van der Waals surface area contributed by atoms with Crippen LogP contribution in [0.4, 0.5) is 13.2 Å². The lowest BCUT2D eigenvalue weighted by atomic mass is 9.94. The highest BCUT2D eigenvalue weighted by atomic mass is 35.5. The van der Waals surface area contributed by atoms with E-state index in [2.05, 4.69) is 10.3 Å². The molecule has 9 heteroatoms. The van der Waals surface area contributed by atoms with Crippen molar-refractivity contribution in [2.24, 2.45) is 0 Å². The molecular formula is C26H22Cl3F3N2O. The first-order valence-electron chi connectivity index (χ1n) is 10.6. The van der Waals surface area contributed by atoms with Gasteiger partial charge in [-0.1, -0.05) is 71.2 Å². The first kappa shape index (κ1) is 27.1. The van der Waals surface area contributed by atoms with Gasteiger partial charge in [0.05, 0.1) is 12.3 Å². The Labute approximate surface area is 216 Å². The molecule has 0 saturated heterocycles. The van der Waals surface area contributed by atoms with Crippen LogP contribution < -0.4 is 5.32 Å². The summed E-state index contributed by atoms with van der Waals surface area (Å²) in [6.45, 7) is 3.67. The molecule has 0 saturated carbocycles. The summed E-state index contributed by atoms with van der Waals surface area (Å²) < 4.78 is 41.4. The summed E-state index contributed by atoms with van der Waals surface area (Å²) in [5.41, 5.74) is 3.36. The van der Waals surface area contributed by atoms with Crippen LogP contribution in [0.3, 0.4) is 0 Å². The van der Waals surface area contributed by atoms with Crippen molar-refractivity contribution in [3.63, 3.8) is 0 Å². The number of aryl methyl sites for hydroxylation is 1. The van der Waals surface area contributed by atoms with E-state index in [0.717, 1.165) is 11.6 Å². The molecule has 3 nitrogen and oxygen atoms in total. The van der Waals surface area contributed by atoms with Crippen molar-refractivity contribution in [1.29, 1.82) is 0 Å². The maximum atomic E-state index is 13.8. The van der Waals surface area contributed by atoms with Gasteiger partial charge in [0.15, 0.2) is 0 Å². The van der Waals surface area contributed by atoms with Crippen LogP contribution in [0.1, 0.15) is 39.3 Å². The topological polar surface area (TPSA) is 42.0 Å². The molecule has 3 aromatic rings. The lowest BCUT2D eigenvalue weighted by molar-refractivity contribution is -0.139. The molecule has 0 radical (unpaired) electrons. The minimum absolute atomic E-state index is 0.0724. The van der Waals surface area contributed by atoms with Gasteiger partial charge in [0.2, 0.25) is 5.91 Å². The Morgan fingerprint density at radius 2 is 1.80 bits per heavy atom. The van der Waals surface area contributed by atoms with Crippen LogP contribution in [0.2, 0.25) is 15.2 Å². The fourth-order valence-electron chi connectivity index (χ4n) is 3.40. The van der Waals surface area contributed by atoms with Crippen molar-refractivity contribution < 1.29 is 18.0 Å². The lowest BCUT2D eigenvalue weighted by Crippen LogP contribution is -2.24. The van der Waals surface area contributed by atoms with E-state index in [9.17, 15) is 18.0 Å². The normalized spacial score (nSPS) is 12.7. The number of carbonyl (C=O) groups excluding carboxylic acids is 1. The summed E-state index contributed by atoms with van der Waals surface area (Å²) in [6, 6.07) is 11.0. The number of alkyl halides is 3. The molecule has 0 fully saturated rings. The number of amides is 1. The number of benzene rings is 2. The highest BCUT2D eigenvalue weighted by Gasteiger charge is 2.39. The van der Waals surface area contributed by atoms with Gasteiger partial charge in [0.25, 0.3) is 0 Å². The van der Waals surface area contributed by atoms with Crippen molar-refractivity contribution in [1.82, 2.24) is 10.3 Å². The van der Waals surface area contributed by atoms with Crippen LogP contribution in [0.25, 0.3) is 6.08 Å². The largest absolute Gasteiger partial charge is 0.399 e. The summed E-state index contributed by atoms with van der Waals surface area (Å²) >= 11 is 18.2. The Kier molecular flexibility index (Phi) is 8.86. The number of allylic oxidation sites excluding steroid dienone is 1. The standard InChI is InChI=1S/C26H22Cl3F3N2O/c1-15-9-20(12-22(27)16(15)2)21(26(30,31)32)7-4-17-3-6-19(23(28)10-17)14-34-25(35)11-18-5-8-24(29)33-13-18/h3-10,12-13,21H,11,14H2,1-2H3,(H,34,35)/b7-4+. The summed E-state index contributed by atoms with van der Waals surface area (Å²) in [5.74, 6) is -2.05. The Morgan fingerprint density at radius 1 is 1.06 bits per heavy atom. The molecule has 2 aromatic carbocycles. The monoisotopic (exact) mass is 540 g/mol. The molecule has 1 N–H and O–H groups in total. The van der Waals surface area contributed by atoms with Gasteiger partial charge < -0.3 is 5.32 Å². The molecule has 0 aliphatic carbocycles. The zero-order valence-corrected chi connectivity index (χ0v) is 21.2. The van der Waals surface area contributed by atoms with Gasteiger partial charge in [-0.3, -0.25) is 4.79 Å². The van der Waals surface area contributed by atoms with Crippen LogP contribution in [0.5, 0.6) is 0 Å². The fourth-order valence-corrected chi connectivity index (χ4v) is 4.04. The highest BCUT2D eigenvalue weighted by Crippen LogP contribution is 2.38. The van der Waals surface area contributed by atoms with E-state index in [1.165, 1.54) is 24.4 Å². The Bertz CT molecular complexity index is 1220. The number of nitrogens with one attached hydrogen (secondary N) is 1. The van der Waals surface area contributed by atoms with Gasteiger partial charge in [-0.2, -0.15) is 13.2 Å². The number of nitrogens with zero attached hydrogens (tertiary/aromatic N) is 1. The molecule has 1 amide bonds. The van der Waals surface area contributed by atoms with Gasteiger partial charge in [-0.05, 0) is 65.4 Å². The van der Waals surface area contributed by atoms with E-state index in [1.54, 1.807) is 44.2 Å². The minimum atomic E-state index is -4.49. The second-order valence-electron chi connectivity index (χ2n) is 8.12. The fraction of sp³-hybridized carbons (Fsp3) is 0.231. The molecule has 0 bridgehead atoms. The number of pyridine rings is 1. The second-order valence-corrected chi connectivity index (χ2v) is 9.32. The average Bonchev–Trinajstić information content (AvgIpc) is 2.77. The molecule has 1 heterocycles. The summed E-state index contributed by atoms with van der Waals surface area (Å²) in [5, 5.41) is 3.74. The molecule has 1 atom stereocenters. The van der Waals surface area contributed by atoms with Gasteiger partial charge in [-0.15, -0.1) is 0 Å². The smallest absolute Gasteiger partial charge is 0.352 e. The molecule has 3 rings (SSSR count). The van der Waals surface area contributed by atoms with E-state index >= 15 is 0 Å². The van der Waals surface area contributed by atoms with E-state index < -0.39 is 12.1 Å². The highest BCUT2D eigenvalue weighted by molar-refractivity contribution is 6.31. The van der Waals surface area contributed by atoms with Crippen molar-refractivity contribution in [3.05, 3.63) is 103 Å². The van der Waals surface area contributed by atoms with Crippen LogP contribution in [-0.4, -0.2) is 17.1 Å². The Balaban J connectivity index is 1.70. The van der Waals surface area contributed by atoms with Crippen molar-refractivity contribution >= 4 is 46.8 Å². The zero-order chi connectivity index (χ0) is 25.8. The van der Waals surface area contributed by atoms with Gasteiger partial charge >= 0.3 is 6.18 Å². The average molecular weight is 542 g/mol. The van der Waals surface area contributed by atoms with Gasteiger partial charge in [0.1, 0.15) is 5.15 Å². The third-order valence-electron chi connectivity index (χ3n) is 5.53. The maximum absolute atomic E-state index is 13.8. The van der Waals surface area contributed by atoms with Gasteiger partial charge in [0, 0.05) is 22.8 Å². The van der Waals surface area contributed by atoms with Crippen LogP contribution in [0, 0.1) is 13.8 Å². The number of aromatic nitrogens is 1. The number of carbonyl (C=O) groups is 1. The minimum Gasteiger partial charge on any atom is -0.352 e. The predicted octanol–water partition coefficient (Wildman–Crippen LogP) is 7.88. The molecule has 0 aliphatic heterocycles. The van der Waals surface area contributed by atoms with Gasteiger partial charge in [-0.25, -0.2) is 4.98 Å². The van der Waals surface area contributed by atoms with Crippen LogP contribution >= 0.6 is 34.8 Å². The second kappa shape index (κ2) is 11.5. The number of hydrogen-bond donors (Lipinski definition) is 1. The molecular weight excluding hydrogens is 520 g/mol. The van der Waals surface area contributed by atoms with Crippen LogP contribution in [0.15, 0.2) is 54.7 Å². The third-order valence-corrected chi connectivity index (χ3v) is 6.49. The van der Waals surface area contributed by atoms with E-state index in [-0.39, 0.29) is 24.4 Å². The number of halogens is 6. The number of hydrogen-bond acceptors (Lipinski definition) is 2. The Morgan fingerprint density at radius 3 is 2.40 bits per heavy atom. The summed E-state index contributed by atoms with van der Waals surface area (Å²) in [7, 11) is 0. The predicted molar refractivity (Wildman–Crippen MR) is 135 cm³/mol. The van der Waals surface area contributed by atoms with Crippen molar-refractivity contribution in [2.75, 3.05) is 0 Å². The number of rotatable bonds is 7. The summed E-state index contributed by atoms with van der Waals surface area (Å²) in [4.78, 5) is 16.1. The lowest BCUT2D eigenvalue weighted by Gasteiger charge is -2.19. The van der Waals surface area contributed by atoms with Crippen LogP contribution in [-0.2, 0) is 17.8 Å². The first-order chi connectivity index (χ1) is 16.4. The first-order valence-corrected chi connectivity index (χ1v) is 11.7. The third kappa shape index (κ3) is 7.47. The molecule has 35 heavy (non-hydrogen) atoms. The van der Waals surface area contributed by atoms with E-state index in [0.29, 0.717) is 37.5 Å².